The van der Waals surface area contributed by atoms with E-state index in [1.54, 1.807) is 12.3 Å². The fraction of sp³-hybridized carbons (Fsp3) is 0.273. The van der Waals surface area contributed by atoms with Gasteiger partial charge in [0.2, 0.25) is 5.91 Å². The molecule has 1 aliphatic rings. The quantitative estimate of drug-likeness (QED) is 0.719. The monoisotopic (exact) mass is 298 g/mol. The van der Waals surface area contributed by atoms with Crippen molar-refractivity contribution in [2.75, 3.05) is 0 Å². The molecule has 0 radical (unpaired) electrons. The SMILES string of the molecule is CC(=O)NC1=C(Br)C(O)c2ccncc2C1O. The average Bonchev–Trinajstić information content (AvgIpc) is 2.31. The topological polar surface area (TPSA) is 82.5 Å². The molecule has 0 saturated carbocycles. The molecule has 3 N–H and O–H groups in total. The van der Waals surface area contributed by atoms with Gasteiger partial charge in [-0.05, 0) is 11.6 Å². The van der Waals surface area contributed by atoms with Gasteiger partial charge in [-0.25, -0.2) is 0 Å². The molecular formula is C11H11BrN2O3. The van der Waals surface area contributed by atoms with Gasteiger partial charge in [-0.1, -0.05) is 15.9 Å². The van der Waals surface area contributed by atoms with Crippen LogP contribution < -0.4 is 5.32 Å². The third-order valence-electron chi connectivity index (χ3n) is 2.56. The van der Waals surface area contributed by atoms with Crippen LogP contribution in [-0.4, -0.2) is 21.1 Å². The van der Waals surface area contributed by atoms with Crippen molar-refractivity contribution in [2.45, 2.75) is 19.1 Å². The zero-order chi connectivity index (χ0) is 12.6. The zero-order valence-electron chi connectivity index (χ0n) is 9.01. The Hall–Kier alpha value is -1.24. The highest BCUT2D eigenvalue weighted by Gasteiger charge is 2.31. The van der Waals surface area contributed by atoms with Crippen molar-refractivity contribution in [2.24, 2.45) is 0 Å². The Labute approximate surface area is 106 Å². The van der Waals surface area contributed by atoms with E-state index in [4.69, 9.17) is 0 Å². The lowest BCUT2D eigenvalue weighted by Crippen LogP contribution is -2.29. The number of amides is 1. The van der Waals surface area contributed by atoms with Gasteiger partial charge >= 0.3 is 0 Å². The summed E-state index contributed by atoms with van der Waals surface area (Å²) in [7, 11) is 0. The molecule has 17 heavy (non-hydrogen) atoms. The first-order valence-corrected chi connectivity index (χ1v) is 5.78. The van der Waals surface area contributed by atoms with E-state index in [0.717, 1.165) is 0 Å². The fourth-order valence-corrected chi connectivity index (χ4v) is 2.35. The van der Waals surface area contributed by atoms with Crippen molar-refractivity contribution in [1.29, 1.82) is 0 Å². The van der Waals surface area contributed by atoms with Crippen LogP contribution in [0.25, 0.3) is 0 Å². The maximum Gasteiger partial charge on any atom is 0.221 e. The second-order valence-corrected chi connectivity index (χ2v) is 4.61. The van der Waals surface area contributed by atoms with Crippen molar-refractivity contribution in [3.8, 4) is 0 Å². The Balaban J connectivity index is 2.49. The van der Waals surface area contributed by atoms with Crippen molar-refractivity contribution in [3.05, 3.63) is 39.8 Å². The summed E-state index contributed by atoms with van der Waals surface area (Å²) >= 11 is 3.19. The molecule has 1 heterocycles. The number of carbonyl (C=O) groups is 1. The van der Waals surface area contributed by atoms with Crippen LogP contribution in [-0.2, 0) is 4.79 Å². The first kappa shape index (κ1) is 12.2. The maximum absolute atomic E-state index is 11.0. The Morgan fingerprint density at radius 2 is 2.12 bits per heavy atom. The summed E-state index contributed by atoms with van der Waals surface area (Å²) in [6, 6.07) is 1.63. The van der Waals surface area contributed by atoms with Crippen molar-refractivity contribution < 1.29 is 15.0 Å². The number of rotatable bonds is 1. The number of hydrogen-bond acceptors (Lipinski definition) is 4. The lowest BCUT2D eigenvalue weighted by molar-refractivity contribution is -0.118. The molecule has 90 valence electrons. The van der Waals surface area contributed by atoms with Gasteiger partial charge in [-0.3, -0.25) is 9.78 Å². The van der Waals surface area contributed by atoms with Gasteiger partial charge in [0, 0.05) is 24.9 Å². The number of fused-ring (bicyclic) bond motifs is 1. The molecule has 0 aliphatic heterocycles. The van der Waals surface area contributed by atoms with Crippen LogP contribution in [0.3, 0.4) is 0 Å². The van der Waals surface area contributed by atoms with E-state index in [2.05, 4.69) is 26.2 Å². The fourth-order valence-electron chi connectivity index (χ4n) is 1.78. The number of aliphatic hydroxyl groups excluding tert-OH is 2. The van der Waals surface area contributed by atoms with Crippen LogP contribution in [0.4, 0.5) is 0 Å². The molecule has 1 aromatic rings. The number of hydrogen-bond donors (Lipinski definition) is 3. The molecule has 6 heteroatoms. The minimum atomic E-state index is -1.000. The highest BCUT2D eigenvalue weighted by Crippen LogP contribution is 2.41. The lowest BCUT2D eigenvalue weighted by Gasteiger charge is -2.28. The second-order valence-electron chi connectivity index (χ2n) is 3.75. The Morgan fingerprint density at radius 1 is 1.41 bits per heavy atom. The molecule has 1 aliphatic carbocycles. The van der Waals surface area contributed by atoms with E-state index in [1.807, 2.05) is 0 Å². The van der Waals surface area contributed by atoms with Gasteiger partial charge in [-0.15, -0.1) is 0 Å². The van der Waals surface area contributed by atoms with Gasteiger partial charge in [0.15, 0.2) is 0 Å². The largest absolute Gasteiger partial charge is 0.383 e. The number of aromatic nitrogens is 1. The predicted molar refractivity (Wildman–Crippen MR) is 63.9 cm³/mol. The minimum Gasteiger partial charge on any atom is -0.383 e. The van der Waals surface area contributed by atoms with E-state index < -0.39 is 12.2 Å². The van der Waals surface area contributed by atoms with Crippen molar-refractivity contribution >= 4 is 21.8 Å². The number of carbonyl (C=O) groups excluding carboxylic acids is 1. The third-order valence-corrected chi connectivity index (χ3v) is 3.42. The van der Waals surface area contributed by atoms with E-state index >= 15 is 0 Å². The summed E-state index contributed by atoms with van der Waals surface area (Å²) in [4.78, 5) is 14.9. The summed E-state index contributed by atoms with van der Waals surface area (Å²) in [5.41, 5.74) is 1.32. The van der Waals surface area contributed by atoms with Gasteiger partial charge in [0.05, 0.1) is 10.2 Å². The molecule has 1 aromatic heterocycles. The lowest BCUT2D eigenvalue weighted by atomic mass is 9.92. The van der Waals surface area contributed by atoms with Crippen molar-refractivity contribution in [1.82, 2.24) is 10.3 Å². The smallest absolute Gasteiger partial charge is 0.221 e. The molecule has 2 rings (SSSR count). The summed E-state index contributed by atoms with van der Waals surface area (Å²) in [6.45, 7) is 1.34. The summed E-state index contributed by atoms with van der Waals surface area (Å²) in [5, 5.41) is 22.6. The zero-order valence-corrected chi connectivity index (χ0v) is 10.6. The van der Waals surface area contributed by atoms with Crippen LogP contribution in [0.15, 0.2) is 28.6 Å². The average molecular weight is 299 g/mol. The molecule has 0 aromatic carbocycles. The number of nitrogens with zero attached hydrogens (tertiary/aromatic N) is 1. The van der Waals surface area contributed by atoms with Crippen LogP contribution >= 0.6 is 15.9 Å². The predicted octanol–water partition coefficient (Wildman–Crippen LogP) is 0.905. The normalized spacial score (nSPS) is 23.3. The summed E-state index contributed by atoms with van der Waals surface area (Å²) in [6.07, 6.45) is 1.11. The maximum atomic E-state index is 11.0. The first-order valence-electron chi connectivity index (χ1n) is 4.99. The van der Waals surface area contributed by atoms with E-state index in [0.29, 0.717) is 15.6 Å². The third kappa shape index (κ3) is 2.11. The van der Waals surface area contributed by atoms with Crippen LogP contribution in [0.1, 0.15) is 30.3 Å². The molecular weight excluding hydrogens is 288 g/mol. The van der Waals surface area contributed by atoms with Crippen LogP contribution in [0, 0.1) is 0 Å². The number of aliphatic hydroxyl groups is 2. The Bertz CT molecular complexity index is 501. The summed E-state index contributed by atoms with van der Waals surface area (Å²) < 4.78 is 0.360. The molecule has 0 saturated heterocycles. The van der Waals surface area contributed by atoms with Gasteiger partial charge < -0.3 is 15.5 Å². The Kier molecular flexibility index (Phi) is 3.28. The van der Waals surface area contributed by atoms with Gasteiger partial charge in [0.25, 0.3) is 0 Å². The van der Waals surface area contributed by atoms with Gasteiger partial charge in [-0.2, -0.15) is 0 Å². The van der Waals surface area contributed by atoms with Crippen LogP contribution in [0.2, 0.25) is 0 Å². The summed E-state index contributed by atoms with van der Waals surface area (Å²) in [5.74, 6) is -0.310. The first-order chi connectivity index (χ1) is 8.02. The van der Waals surface area contributed by atoms with Crippen LogP contribution in [0.5, 0.6) is 0 Å². The molecule has 2 atom stereocenters. The van der Waals surface area contributed by atoms with E-state index in [1.165, 1.54) is 13.1 Å². The minimum absolute atomic E-state index is 0.255. The second kappa shape index (κ2) is 4.56. The number of nitrogens with one attached hydrogen (secondary N) is 1. The molecule has 2 unspecified atom stereocenters. The molecule has 1 amide bonds. The standard InChI is InChI=1S/C11H11BrN2O3/c1-5(15)14-9-8(12)10(16)6-2-3-13-4-7(6)11(9)17/h2-4,10-11,16-17H,1H3,(H,14,15). The molecule has 0 fully saturated rings. The number of halogens is 1. The molecule has 0 spiro atoms. The van der Waals surface area contributed by atoms with Gasteiger partial charge in [0.1, 0.15) is 12.2 Å². The van der Waals surface area contributed by atoms with Crippen molar-refractivity contribution in [3.63, 3.8) is 0 Å². The van der Waals surface area contributed by atoms with E-state index in [-0.39, 0.29) is 11.6 Å². The Morgan fingerprint density at radius 3 is 2.76 bits per heavy atom. The van der Waals surface area contributed by atoms with E-state index in [9.17, 15) is 15.0 Å². The highest BCUT2D eigenvalue weighted by molar-refractivity contribution is 9.11. The highest BCUT2D eigenvalue weighted by atomic mass is 79.9. The molecule has 0 bridgehead atoms. The number of pyridine rings is 1. The molecule has 5 nitrogen and oxygen atoms in total.